The van der Waals surface area contributed by atoms with E-state index in [1.165, 1.54) is 4.90 Å². The van der Waals surface area contributed by atoms with Gasteiger partial charge in [-0.1, -0.05) is 116 Å². The van der Waals surface area contributed by atoms with Gasteiger partial charge in [0.05, 0.1) is 25.3 Å². The second-order valence-electron chi connectivity index (χ2n) is 16.1. The van der Waals surface area contributed by atoms with Crippen LogP contribution < -0.4 is 9.47 Å². The van der Waals surface area contributed by atoms with Crippen LogP contribution in [0.4, 0.5) is 0 Å². The monoisotopic (exact) mass is 725 g/mol. The number of unbranched alkanes of at least 4 members (excludes halogenated alkanes) is 3. The molecular formula is C50H47NO4. The van der Waals surface area contributed by atoms with Crippen molar-refractivity contribution in [2.24, 2.45) is 0 Å². The number of carbonyl (C=O) groups is 2. The fourth-order valence-corrected chi connectivity index (χ4v) is 6.50. The van der Waals surface area contributed by atoms with E-state index in [9.17, 15) is 9.59 Å². The van der Waals surface area contributed by atoms with Crippen molar-refractivity contribution in [1.29, 1.82) is 0 Å². The molecule has 0 unspecified atom stereocenters. The van der Waals surface area contributed by atoms with E-state index in [4.69, 9.17) is 9.47 Å². The summed E-state index contributed by atoms with van der Waals surface area (Å²) in [5.41, 5.74) is 2.53. The van der Waals surface area contributed by atoms with Crippen LogP contribution in [-0.4, -0.2) is 37.5 Å². The summed E-state index contributed by atoms with van der Waals surface area (Å²) in [5, 5.41) is 5.69. The Labute approximate surface area is 326 Å². The molecule has 55 heavy (non-hydrogen) atoms. The lowest BCUT2D eigenvalue weighted by atomic mass is 9.86. The highest BCUT2D eigenvalue weighted by molar-refractivity contribution is 6.23. The van der Waals surface area contributed by atoms with Crippen molar-refractivity contribution in [2.45, 2.75) is 85.0 Å². The number of amides is 2. The number of hydrogen-bond donors (Lipinski definition) is 0. The molecule has 0 N–H and O–H groups in total. The SMILES string of the molecule is CCCCCCN1C(=O)c2cc3c#cc4cc(C(C)(C)C)cc(c#cc5cc(OC)c(OC)cc5c#cc5cc(C(C)(C)C)cc(c#cc3cc2C1=O)c5)c4. The summed E-state index contributed by atoms with van der Waals surface area (Å²) in [6.07, 6.45) is 3.87. The molecule has 4 bridgehead atoms. The molecule has 0 saturated heterocycles. The quantitative estimate of drug-likeness (QED) is 0.124. The number of hydrogen-bond acceptors (Lipinski definition) is 4. The van der Waals surface area contributed by atoms with Crippen molar-refractivity contribution in [2.75, 3.05) is 20.8 Å². The van der Waals surface area contributed by atoms with E-state index < -0.39 is 0 Å². The van der Waals surface area contributed by atoms with E-state index in [0.717, 1.165) is 58.4 Å². The van der Waals surface area contributed by atoms with E-state index in [1.807, 2.05) is 24.3 Å². The Bertz CT molecular complexity index is 2300. The smallest absolute Gasteiger partial charge is 0.261 e. The lowest BCUT2D eigenvalue weighted by Gasteiger charge is -2.18. The number of benzene rings is 4. The van der Waals surface area contributed by atoms with Crippen molar-refractivity contribution < 1.29 is 19.1 Å². The van der Waals surface area contributed by atoms with Crippen LogP contribution in [0, 0.1) is 48.5 Å². The highest BCUT2D eigenvalue weighted by Gasteiger charge is 2.35. The van der Waals surface area contributed by atoms with Gasteiger partial charge in [0.2, 0.25) is 0 Å². The minimum atomic E-state index is -0.281. The second kappa shape index (κ2) is 15.7. The van der Waals surface area contributed by atoms with E-state index in [-0.39, 0.29) is 22.6 Å². The Kier molecular flexibility index (Phi) is 11.0. The average molecular weight is 726 g/mol. The van der Waals surface area contributed by atoms with Crippen LogP contribution in [0.5, 0.6) is 11.5 Å². The summed E-state index contributed by atoms with van der Waals surface area (Å²) >= 11 is 0. The molecule has 0 spiro atoms. The minimum absolute atomic E-state index is 0.179. The van der Waals surface area contributed by atoms with Gasteiger partial charge in [-0.15, -0.1) is 0 Å². The van der Waals surface area contributed by atoms with Gasteiger partial charge in [0.1, 0.15) is 0 Å². The van der Waals surface area contributed by atoms with Gasteiger partial charge >= 0.3 is 0 Å². The van der Waals surface area contributed by atoms with Crippen LogP contribution in [0.1, 0.15) is 106 Å². The summed E-state index contributed by atoms with van der Waals surface area (Å²) in [6, 6.07) is 46.4. The number of nitrogens with zero attached hydrogens (tertiary/aromatic N) is 1. The first-order valence-corrected chi connectivity index (χ1v) is 18.9. The molecule has 1 heterocycles. The third kappa shape index (κ3) is 8.65. The van der Waals surface area contributed by atoms with Gasteiger partial charge in [0, 0.05) is 61.8 Å². The molecule has 1 aliphatic heterocycles. The first-order chi connectivity index (χ1) is 26.2. The predicted octanol–water partition coefficient (Wildman–Crippen LogP) is 11.3. The van der Waals surface area contributed by atoms with Gasteiger partial charge in [-0.2, -0.15) is 0 Å². The lowest BCUT2D eigenvalue weighted by molar-refractivity contribution is 0.0651. The lowest BCUT2D eigenvalue weighted by Crippen LogP contribution is -2.30. The second-order valence-corrected chi connectivity index (χ2v) is 16.1. The van der Waals surface area contributed by atoms with Crippen LogP contribution >= 0.6 is 0 Å². The highest BCUT2D eigenvalue weighted by atomic mass is 16.5. The van der Waals surface area contributed by atoms with E-state index in [1.54, 1.807) is 26.4 Å². The first kappa shape index (κ1) is 38.6. The third-order valence-corrected chi connectivity index (χ3v) is 9.83. The normalized spacial score (nSPS) is 12.3. The number of ether oxygens (including phenoxy) is 2. The molecule has 1 aliphatic rings. The summed E-state index contributed by atoms with van der Waals surface area (Å²) < 4.78 is 11.3. The fraction of sp³-hybridized carbons (Fsp3) is 0.320. The van der Waals surface area contributed by atoms with Crippen molar-refractivity contribution in [1.82, 2.24) is 4.90 Å². The minimum Gasteiger partial charge on any atom is -0.493 e. The summed E-state index contributed by atoms with van der Waals surface area (Å²) in [4.78, 5) is 28.6. The Morgan fingerprint density at radius 1 is 0.491 bits per heavy atom. The molecule has 0 fully saturated rings. The molecule has 5 nitrogen and oxygen atoms in total. The fourth-order valence-electron chi connectivity index (χ4n) is 6.50. The van der Waals surface area contributed by atoms with Crippen molar-refractivity contribution in [3.8, 4) is 11.5 Å². The largest absolute Gasteiger partial charge is 0.493 e. The van der Waals surface area contributed by atoms with Crippen molar-refractivity contribution in [3.05, 3.63) is 131 Å². The van der Waals surface area contributed by atoms with Gasteiger partial charge < -0.3 is 9.47 Å². The Morgan fingerprint density at radius 2 is 0.855 bits per heavy atom. The molecule has 0 saturated carbocycles. The average Bonchev–Trinajstić information content (AvgIpc) is 3.38. The molecule has 276 valence electrons. The maximum Gasteiger partial charge on any atom is 0.261 e. The van der Waals surface area contributed by atoms with Crippen LogP contribution in [-0.2, 0) is 10.8 Å². The summed E-state index contributed by atoms with van der Waals surface area (Å²) in [6.45, 7) is 15.5. The number of methoxy groups -OCH3 is 2. The first-order valence-electron chi connectivity index (χ1n) is 18.9. The molecule has 0 atom stereocenters. The maximum atomic E-state index is 13.6. The van der Waals surface area contributed by atoms with Crippen molar-refractivity contribution in [3.63, 3.8) is 0 Å². The molecule has 5 aromatic carbocycles. The van der Waals surface area contributed by atoms with Gasteiger partial charge in [0.15, 0.2) is 11.5 Å². The summed E-state index contributed by atoms with van der Waals surface area (Å²) in [7, 11) is 3.21. The predicted molar refractivity (Wildman–Crippen MR) is 221 cm³/mol. The Balaban J connectivity index is 1.70. The molecule has 0 aromatic heterocycles. The molecule has 6 rings (SSSR count). The molecule has 2 amide bonds. The van der Waals surface area contributed by atoms with Gasteiger partial charge in [-0.3, -0.25) is 14.5 Å². The van der Waals surface area contributed by atoms with Crippen LogP contribution in [0.3, 0.4) is 0 Å². The standard InChI is InChI=1S/C50H47NO4/c1-10-11-12-13-22-51-47(52)43-29-37-18-14-33-23-35(27-41(25-33)49(2,3)4)16-20-39-31-45(54-8)46(55-9)32-40(39)21-17-36-24-34(26-42(28-36)50(5,6)7)15-19-38(37)30-44(43)48(51)53/h23-32H,10-13,22H2,1-9H3. The van der Waals surface area contributed by atoms with Crippen LogP contribution in [0.15, 0.2) is 60.7 Å². The highest BCUT2D eigenvalue weighted by Crippen LogP contribution is 2.31. The molecule has 0 aliphatic carbocycles. The molecule has 5 aromatic rings. The zero-order valence-electron chi connectivity index (χ0n) is 33.4. The third-order valence-electron chi connectivity index (χ3n) is 9.83. The molecular weight excluding hydrogens is 679 g/mol. The maximum absolute atomic E-state index is 13.6. The van der Waals surface area contributed by atoms with E-state index >= 15 is 0 Å². The van der Waals surface area contributed by atoms with E-state index in [2.05, 4.69) is 121 Å². The van der Waals surface area contributed by atoms with Crippen LogP contribution in [0.2, 0.25) is 0 Å². The van der Waals surface area contributed by atoms with Crippen molar-refractivity contribution >= 4 is 54.9 Å². The number of rotatable bonds is 7. The zero-order valence-corrected chi connectivity index (χ0v) is 33.4. The van der Waals surface area contributed by atoms with Crippen LogP contribution in [0.25, 0.3) is 43.1 Å². The van der Waals surface area contributed by atoms with Gasteiger partial charge in [-0.05, 0) is 76.9 Å². The summed E-state index contributed by atoms with van der Waals surface area (Å²) in [5.74, 6) is 0.561. The number of carbonyl (C=O) groups excluding carboxylic acids is 2. The molecule has 0 radical (unpaired) electrons. The zero-order chi connectivity index (χ0) is 39.5. The number of fused-ring (bicyclic) bond motifs is 7. The topological polar surface area (TPSA) is 55.8 Å². The van der Waals surface area contributed by atoms with E-state index in [0.29, 0.717) is 50.7 Å². The Hall–Kier alpha value is -6.14. The molecule has 5 heteroatoms. The van der Waals surface area contributed by atoms with Gasteiger partial charge in [-0.25, -0.2) is 0 Å². The van der Waals surface area contributed by atoms with Gasteiger partial charge in [0.25, 0.3) is 11.8 Å². The Morgan fingerprint density at radius 3 is 1.18 bits per heavy atom. The number of imide groups is 1.